The molecule has 0 amide bonds. The molecular weight excluding hydrogens is 234 g/mol. The van der Waals surface area contributed by atoms with Crippen LogP contribution >= 0.6 is 24.2 Å². The van der Waals surface area contributed by atoms with Crippen LogP contribution in [0.2, 0.25) is 5.15 Å². The standard InChI is InChI=1S/C10H8ClNO2S/c11-9-8(10(13)14)5-7(6-12-9)3-1-2-4-15/h5-6,15H,2,4H2,(H,13,14). The number of rotatable bonds is 2. The molecule has 78 valence electrons. The van der Waals surface area contributed by atoms with Crippen LogP contribution in [-0.2, 0) is 0 Å². The van der Waals surface area contributed by atoms with E-state index in [0.29, 0.717) is 17.7 Å². The number of nitrogens with zero attached hydrogens (tertiary/aromatic N) is 1. The Morgan fingerprint density at radius 2 is 2.40 bits per heavy atom. The summed E-state index contributed by atoms with van der Waals surface area (Å²) in [7, 11) is 0. The SMILES string of the molecule is O=C(O)c1cc(C#CCCS)cnc1Cl. The van der Waals surface area contributed by atoms with Crippen LogP contribution in [0.1, 0.15) is 22.3 Å². The van der Waals surface area contributed by atoms with Crippen LogP contribution < -0.4 is 0 Å². The summed E-state index contributed by atoms with van der Waals surface area (Å²) in [6, 6.07) is 1.41. The Balaban J connectivity index is 2.99. The van der Waals surface area contributed by atoms with Crippen molar-refractivity contribution in [3.05, 3.63) is 28.5 Å². The van der Waals surface area contributed by atoms with Gasteiger partial charge in [0, 0.05) is 23.9 Å². The van der Waals surface area contributed by atoms with Crippen LogP contribution in [0.15, 0.2) is 12.3 Å². The lowest BCUT2D eigenvalue weighted by atomic mass is 10.2. The number of carboxylic acids is 1. The van der Waals surface area contributed by atoms with Crippen LogP contribution in [0.3, 0.4) is 0 Å². The molecule has 0 bridgehead atoms. The number of carboxylic acid groups (broad SMARTS) is 1. The molecule has 0 atom stereocenters. The Bertz CT molecular complexity index is 437. The van der Waals surface area contributed by atoms with Gasteiger partial charge in [-0.1, -0.05) is 23.4 Å². The smallest absolute Gasteiger partial charge is 0.338 e. The number of carbonyl (C=O) groups is 1. The molecule has 0 aliphatic rings. The van der Waals surface area contributed by atoms with E-state index in [1.807, 2.05) is 0 Å². The predicted molar refractivity (Wildman–Crippen MR) is 61.6 cm³/mol. The van der Waals surface area contributed by atoms with Crippen LogP contribution in [-0.4, -0.2) is 21.8 Å². The lowest BCUT2D eigenvalue weighted by molar-refractivity contribution is 0.0696. The molecule has 0 saturated heterocycles. The number of hydrogen-bond acceptors (Lipinski definition) is 3. The highest BCUT2D eigenvalue weighted by Crippen LogP contribution is 2.13. The van der Waals surface area contributed by atoms with Gasteiger partial charge in [0.05, 0.1) is 5.56 Å². The van der Waals surface area contributed by atoms with Gasteiger partial charge in [-0.15, -0.1) is 0 Å². The fourth-order valence-electron chi connectivity index (χ4n) is 0.887. The van der Waals surface area contributed by atoms with Gasteiger partial charge in [-0.25, -0.2) is 9.78 Å². The normalized spacial score (nSPS) is 9.20. The van der Waals surface area contributed by atoms with Gasteiger partial charge in [0.15, 0.2) is 0 Å². The molecule has 1 rings (SSSR count). The first-order chi connectivity index (χ1) is 7.15. The second-order valence-electron chi connectivity index (χ2n) is 2.64. The van der Waals surface area contributed by atoms with Crippen molar-refractivity contribution in [2.45, 2.75) is 6.42 Å². The maximum atomic E-state index is 10.7. The summed E-state index contributed by atoms with van der Waals surface area (Å²) in [5, 5.41) is 8.75. The molecule has 0 aliphatic heterocycles. The zero-order chi connectivity index (χ0) is 11.3. The second-order valence-corrected chi connectivity index (χ2v) is 3.45. The van der Waals surface area contributed by atoms with E-state index >= 15 is 0 Å². The Hall–Kier alpha value is -1.18. The summed E-state index contributed by atoms with van der Waals surface area (Å²) in [5.74, 6) is 5.18. The quantitative estimate of drug-likeness (QED) is 0.474. The first kappa shape index (κ1) is 11.9. The summed E-state index contributed by atoms with van der Waals surface area (Å²) in [6.07, 6.45) is 2.09. The van der Waals surface area contributed by atoms with Crippen molar-refractivity contribution >= 4 is 30.2 Å². The molecule has 1 aromatic heterocycles. The Morgan fingerprint density at radius 3 is 3.00 bits per heavy atom. The van der Waals surface area contributed by atoms with Crippen molar-refractivity contribution in [1.82, 2.24) is 4.98 Å². The largest absolute Gasteiger partial charge is 0.478 e. The molecule has 0 fully saturated rings. The number of thiol groups is 1. The number of hydrogen-bond donors (Lipinski definition) is 2. The summed E-state index contributed by atoms with van der Waals surface area (Å²) < 4.78 is 0. The van der Waals surface area contributed by atoms with E-state index in [1.165, 1.54) is 12.3 Å². The van der Waals surface area contributed by atoms with Crippen molar-refractivity contribution in [2.24, 2.45) is 0 Å². The third-order valence-corrected chi connectivity index (χ3v) is 2.06. The highest BCUT2D eigenvalue weighted by Gasteiger charge is 2.09. The molecule has 0 radical (unpaired) electrons. The maximum Gasteiger partial charge on any atom is 0.338 e. The topological polar surface area (TPSA) is 50.2 Å². The average Bonchev–Trinajstić information content (AvgIpc) is 2.20. The fraction of sp³-hybridized carbons (Fsp3) is 0.200. The number of pyridine rings is 1. The molecule has 3 nitrogen and oxygen atoms in total. The third kappa shape index (κ3) is 3.46. The molecule has 1 N–H and O–H groups in total. The van der Waals surface area contributed by atoms with Crippen molar-refractivity contribution < 1.29 is 9.90 Å². The van der Waals surface area contributed by atoms with E-state index in [9.17, 15) is 4.79 Å². The van der Waals surface area contributed by atoms with Crippen LogP contribution in [0.5, 0.6) is 0 Å². The van der Waals surface area contributed by atoms with Gasteiger partial charge in [-0.05, 0) is 6.07 Å². The summed E-state index contributed by atoms with van der Waals surface area (Å²) in [6.45, 7) is 0. The second kappa shape index (κ2) is 5.64. The first-order valence-electron chi connectivity index (χ1n) is 4.13. The van der Waals surface area contributed by atoms with Crippen molar-refractivity contribution in [1.29, 1.82) is 0 Å². The number of halogens is 1. The van der Waals surface area contributed by atoms with Crippen molar-refractivity contribution in [2.75, 3.05) is 5.75 Å². The minimum Gasteiger partial charge on any atom is -0.478 e. The Labute approximate surface area is 97.9 Å². The molecule has 0 saturated carbocycles. The zero-order valence-electron chi connectivity index (χ0n) is 7.70. The van der Waals surface area contributed by atoms with Gasteiger partial charge in [0.1, 0.15) is 5.15 Å². The maximum absolute atomic E-state index is 10.7. The van der Waals surface area contributed by atoms with E-state index in [4.69, 9.17) is 16.7 Å². The fourth-order valence-corrected chi connectivity index (χ4v) is 1.18. The molecule has 15 heavy (non-hydrogen) atoms. The predicted octanol–water partition coefficient (Wildman–Crippen LogP) is 2.10. The molecule has 5 heteroatoms. The molecule has 0 aromatic carbocycles. The Kier molecular flexibility index (Phi) is 4.47. The average molecular weight is 242 g/mol. The summed E-state index contributed by atoms with van der Waals surface area (Å²) in [4.78, 5) is 14.5. The van der Waals surface area contributed by atoms with Gasteiger partial charge < -0.3 is 5.11 Å². The van der Waals surface area contributed by atoms with Crippen LogP contribution in [0.25, 0.3) is 0 Å². The molecule has 0 aliphatic carbocycles. The van der Waals surface area contributed by atoms with Gasteiger partial charge in [0.25, 0.3) is 0 Å². The van der Waals surface area contributed by atoms with E-state index in [-0.39, 0.29) is 10.7 Å². The van der Waals surface area contributed by atoms with Crippen LogP contribution in [0.4, 0.5) is 0 Å². The lowest BCUT2D eigenvalue weighted by Gasteiger charge is -1.97. The van der Waals surface area contributed by atoms with E-state index < -0.39 is 5.97 Å². The Morgan fingerprint density at radius 1 is 1.67 bits per heavy atom. The lowest BCUT2D eigenvalue weighted by Crippen LogP contribution is -1.99. The van der Waals surface area contributed by atoms with Crippen LogP contribution in [0, 0.1) is 11.8 Å². The third-order valence-electron chi connectivity index (χ3n) is 1.54. The van der Waals surface area contributed by atoms with Gasteiger partial charge in [0.2, 0.25) is 0 Å². The van der Waals surface area contributed by atoms with E-state index in [1.54, 1.807) is 0 Å². The minimum atomic E-state index is -1.11. The zero-order valence-corrected chi connectivity index (χ0v) is 9.35. The van der Waals surface area contributed by atoms with Gasteiger partial charge in [-0.3, -0.25) is 0 Å². The molecule has 0 spiro atoms. The number of aromatic carboxylic acids is 1. The van der Waals surface area contributed by atoms with Crippen molar-refractivity contribution in [3.8, 4) is 11.8 Å². The van der Waals surface area contributed by atoms with E-state index in [2.05, 4.69) is 29.5 Å². The summed E-state index contributed by atoms with van der Waals surface area (Å²) in [5.41, 5.74) is 0.507. The molecule has 1 heterocycles. The monoisotopic (exact) mass is 241 g/mol. The molecular formula is C10H8ClNO2S. The summed E-state index contributed by atoms with van der Waals surface area (Å²) >= 11 is 9.60. The van der Waals surface area contributed by atoms with Gasteiger partial charge >= 0.3 is 5.97 Å². The highest BCUT2D eigenvalue weighted by molar-refractivity contribution is 7.80. The first-order valence-corrected chi connectivity index (χ1v) is 5.14. The van der Waals surface area contributed by atoms with E-state index in [0.717, 1.165) is 0 Å². The van der Waals surface area contributed by atoms with Crippen molar-refractivity contribution in [3.63, 3.8) is 0 Å². The number of aromatic nitrogens is 1. The highest BCUT2D eigenvalue weighted by atomic mass is 35.5. The van der Waals surface area contributed by atoms with Gasteiger partial charge in [-0.2, -0.15) is 12.6 Å². The minimum absolute atomic E-state index is 0.0257. The molecule has 1 aromatic rings. The molecule has 0 unspecified atom stereocenters.